The molecule has 1 saturated carbocycles. The fourth-order valence-electron chi connectivity index (χ4n) is 3.24. The van der Waals surface area contributed by atoms with E-state index in [0.717, 1.165) is 48.1 Å². The Bertz CT molecular complexity index is 1230. The SMILES string of the molecule is CCCn1cc(-c2cnc(-n3ncc4cc(C#N)cnc43)cc2NC2CC2)nn1. The predicted molar refractivity (Wildman–Crippen MR) is 107 cm³/mol. The zero-order valence-corrected chi connectivity index (χ0v) is 15.9. The summed E-state index contributed by atoms with van der Waals surface area (Å²) in [4.78, 5) is 9.00. The van der Waals surface area contributed by atoms with Crippen LogP contribution in [0, 0.1) is 11.3 Å². The smallest absolute Gasteiger partial charge is 0.164 e. The first kappa shape index (κ1) is 17.3. The van der Waals surface area contributed by atoms with Gasteiger partial charge in [0.05, 0.1) is 18.0 Å². The molecule has 9 heteroatoms. The van der Waals surface area contributed by atoms with Gasteiger partial charge in [-0.15, -0.1) is 5.10 Å². The van der Waals surface area contributed by atoms with Crippen LogP contribution in [0.1, 0.15) is 31.7 Å². The Morgan fingerprint density at radius 2 is 2.10 bits per heavy atom. The summed E-state index contributed by atoms with van der Waals surface area (Å²) in [6, 6.07) is 6.32. The quantitative estimate of drug-likeness (QED) is 0.543. The molecule has 0 radical (unpaired) electrons. The molecule has 0 unspecified atom stereocenters. The zero-order chi connectivity index (χ0) is 19.8. The highest BCUT2D eigenvalue weighted by atomic mass is 15.4. The molecule has 29 heavy (non-hydrogen) atoms. The van der Waals surface area contributed by atoms with Crippen molar-refractivity contribution in [2.45, 2.75) is 38.8 Å². The topological polar surface area (TPSA) is 110 Å². The maximum absolute atomic E-state index is 9.07. The monoisotopic (exact) mass is 385 g/mol. The minimum Gasteiger partial charge on any atom is -0.382 e. The molecular formula is C20H19N9. The molecule has 1 aliphatic rings. The van der Waals surface area contributed by atoms with E-state index in [2.05, 4.69) is 43.7 Å². The van der Waals surface area contributed by atoms with E-state index < -0.39 is 0 Å². The van der Waals surface area contributed by atoms with E-state index in [-0.39, 0.29) is 0 Å². The average Bonchev–Trinajstić information content (AvgIpc) is 3.26. The number of nitrogens with one attached hydrogen (secondary N) is 1. The third kappa shape index (κ3) is 3.29. The van der Waals surface area contributed by atoms with E-state index in [1.165, 1.54) is 0 Å². The Balaban J connectivity index is 1.57. The molecule has 0 aliphatic heterocycles. The van der Waals surface area contributed by atoms with Gasteiger partial charge in [0.25, 0.3) is 0 Å². The maximum atomic E-state index is 9.07. The van der Waals surface area contributed by atoms with E-state index in [9.17, 15) is 0 Å². The zero-order valence-electron chi connectivity index (χ0n) is 15.9. The van der Waals surface area contributed by atoms with Gasteiger partial charge in [0.1, 0.15) is 11.8 Å². The van der Waals surface area contributed by atoms with Crippen molar-refractivity contribution in [1.82, 2.24) is 34.7 Å². The third-order valence-electron chi connectivity index (χ3n) is 4.85. The van der Waals surface area contributed by atoms with Crippen molar-refractivity contribution in [1.29, 1.82) is 5.26 Å². The summed E-state index contributed by atoms with van der Waals surface area (Å²) in [6.45, 7) is 2.94. The summed E-state index contributed by atoms with van der Waals surface area (Å²) >= 11 is 0. The lowest BCUT2D eigenvalue weighted by atomic mass is 10.1. The lowest BCUT2D eigenvalue weighted by Gasteiger charge is -2.11. The molecule has 0 bridgehead atoms. The van der Waals surface area contributed by atoms with Gasteiger partial charge in [-0.05, 0) is 25.3 Å². The first-order chi connectivity index (χ1) is 14.2. The molecule has 0 amide bonds. The Morgan fingerprint density at radius 3 is 2.90 bits per heavy atom. The number of fused-ring (bicyclic) bond motifs is 1. The van der Waals surface area contributed by atoms with Gasteiger partial charge in [-0.2, -0.15) is 15.0 Å². The Labute approximate surface area is 167 Å². The number of rotatable bonds is 6. The van der Waals surface area contributed by atoms with Gasteiger partial charge in [0, 0.05) is 47.7 Å². The molecule has 4 heterocycles. The Morgan fingerprint density at radius 1 is 1.21 bits per heavy atom. The molecule has 5 rings (SSSR count). The van der Waals surface area contributed by atoms with Crippen LogP contribution < -0.4 is 5.32 Å². The number of pyridine rings is 2. The second-order valence-corrected chi connectivity index (χ2v) is 7.18. The highest BCUT2D eigenvalue weighted by Crippen LogP contribution is 2.32. The standard InChI is InChI=1S/C20H19N9/c1-2-5-28-12-18(26-27-28)16-11-22-19(7-17(16)25-15-3-4-15)29-20-14(10-24-29)6-13(8-21)9-23-20/h6-7,9-12,15H,2-5H2,1H3,(H,22,25). The van der Waals surface area contributed by atoms with Crippen LogP contribution in [0.25, 0.3) is 28.1 Å². The summed E-state index contributed by atoms with van der Waals surface area (Å²) in [6.07, 6.45) is 10.3. The molecular weight excluding hydrogens is 366 g/mol. The van der Waals surface area contributed by atoms with Crippen LogP contribution in [-0.4, -0.2) is 40.8 Å². The molecule has 0 spiro atoms. The largest absolute Gasteiger partial charge is 0.382 e. The Kier molecular flexibility index (Phi) is 4.17. The predicted octanol–water partition coefficient (Wildman–Crippen LogP) is 2.93. The maximum Gasteiger partial charge on any atom is 0.164 e. The summed E-state index contributed by atoms with van der Waals surface area (Å²) in [7, 11) is 0. The van der Waals surface area contributed by atoms with Crippen molar-refractivity contribution in [3.8, 4) is 23.1 Å². The number of aromatic nitrogens is 7. The minimum atomic E-state index is 0.473. The lowest BCUT2D eigenvalue weighted by Crippen LogP contribution is -2.07. The van der Waals surface area contributed by atoms with Crippen LogP contribution >= 0.6 is 0 Å². The summed E-state index contributed by atoms with van der Waals surface area (Å²) in [5.74, 6) is 0.657. The highest BCUT2D eigenvalue weighted by molar-refractivity contribution is 5.79. The Hall–Kier alpha value is -3.80. The number of anilines is 1. The van der Waals surface area contributed by atoms with E-state index in [1.807, 2.05) is 16.9 Å². The number of nitriles is 1. The number of nitrogens with zero attached hydrogens (tertiary/aromatic N) is 8. The summed E-state index contributed by atoms with van der Waals surface area (Å²) < 4.78 is 3.54. The van der Waals surface area contributed by atoms with Crippen molar-refractivity contribution in [2.24, 2.45) is 0 Å². The van der Waals surface area contributed by atoms with Gasteiger partial charge < -0.3 is 5.32 Å². The van der Waals surface area contributed by atoms with Gasteiger partial charge in [0.15, 0.2) is 11.5 Å². The van der Waals surface area contributed by atoms with Crippen LogP contribution in [-0.2, 0) is 6.54 Å². The van der Waals surface area contributed by atoms with Crippen LogP contribution in [0.15, 0.2) is 36.9 Å². The second kappa shape index (κ2) is 6.98. The molecule has 144 valence electrons. The van der Waals surface area contributed by atoms with E-state index in [0.29, 0.717) is 23.1 Å². The minimum absolute atomic E-state index is 0.473. The van der Waals surface area contributed by atoms with Gasteiger partial charge in [0.2, 0.25) is 0 Å². The van der Waals surface area contributed by atoms with Crippen molar-refractivity contribution in [3.63, 3.8) is 0 Å². The highest BCUT2D eigenvalue weighted by Gasteiger charge is 2.23. The number of hydrogen-bond acceptors (Lipinski definition) is 7. The normalized spacial score (nSPS) is 13.5. The van der Waals surface area contributed by atoms with Crippen LogP contribution in [0.3, 0.4) is 0 Å². The molecule has 1 N–H and O–H groups in total. The summed E-state index contributed by atoms with van der Waals surface area (Å²) in [5.41, 5.74) is 3.84. The molecule has 1 fully saturated rings. The second-order valence-electron chi connectivity index (χ2n) is 7.18. The van der Waals surface area contributed by atoms with Crippen molar-refractivity contribution in [2.75, 3.05) is 5.32 Å². The molecule has 1 aliphatic carbocycles. The molecule has 0 aromatic carbocycles. The van der Waals surface area contributed by atoms with Crippen LogP contribution in [0.2, 0.25) is 0 Å². The average molecular weight is 385 g/mol. The van der Waals surface area contributed by atoms with Crippen LogP contribution in [0.5, 0.6) is 0 Å². The molecule has 9 nitrogen and oxygen atoms in total. The number of aryl methyl sites for hydroxylation is 1. The van der Waals surface area contributed by atoms with Crippen molar-refractivity contribution < 1.29 is 0 Å². The van der Waals surface area contributed by atoms with Crippen molar-refractivity contribution >= 4 is 16.7 Å². The summed E-state index contributed by atoms with van der Waals surface area (Å²) in [5, 5.41) is 26.4. The lowest BCUT2D eigenvalue weighted by molar-refractivity contribution is 0.579. The van der Waals surface area contributed by atoms with Gasteiger partial charge in [-0.3, -0.25) is 4.68 Å². The molecule has 4 aromatic rings. The van der Waals surface area contributed by atoms with Crippen molar-refractivity contribution in [3.05, 3.63) is 42.5 Å². The first-order valence-electron chi connectivity index (χ1n) is 9.66. The van der Waals surface area contributed by atoms with Gasteiger partial charge in [-0.1, -0.05) is 12.1 Å². The number of hydrogen-bond donors (Lipinski definition) is 1. The van der Waals surface area contributed by atoms with Gasteiger partial charge >= 0.3 is 0 Å². The van der Waals surface area contributed by atoms with E-state index in [4.69, 9.17) is 5.26 Å². The van der Waals surface area contributed by atoms with E-state index in [1.54, 1.807) is 29.3 Å². The fraction of sp³-hybridized carbons (Fsp3) is 0.300. The molecule has 0 saturated heterocycles. The first-order valence-corrected chi connectivity index (χ1v) is 9.66. The molecule has 4 aromatic heterocycles. The van der Waals surface area contributed by atoms with E-state index >= 15 is 0 Å². The van der Waals surface area contributed by atoms with Gasteiger partial charge in [-0.25, -0.2) is 9.97 Å². The molecule has 0 atom stereocenters. The third-order valence-corrected chi connectivity index (χ3v) is 4.85. The van der Waals surface area contributed by atoms with Crippen LogP contribution in [0.4, 0.5) is 5.69 Å². The fourth-order valence-corrected chi connectivity index (χ4v) is 3.24.